The summed E-state index contributed by atoms with van der Waals surface area (Å²) >= 11 is 0. The van der Waals surface area contributed by atoms with Crippen molar-refractivity contribution in [3.63, 3.8) is 0 Å². The summed E-state index contributed by atoms with van der Waals surface area (Å²) in [5.74, 6) is -0.982. The molecule has 0 radical (unpaired) electrons. The summed E-state index contributed by atoms with van der Waals surface area (Å²) in [5, 5.41) is 9.17. The maximum Gasteiger partial charge on any atom is 0.434 e. The maximum atomic E-state index is 13.7. The highest BCUT2D eigenvalue weighted by atomic mass is 19.4. The van der Waals surface area contributed by atoms with Crippen molar-refractivity contribution in [3.05, 3.63) is 35.9 Å². The summed E-state index contributed by atoms with van der Waals surface area (Å²) in [6.07, 6.45) is -19.9. The highest BCUT2D eigenvalue weighted by molar-refractivity contribution is 5.76. The molecule has 0 aliphatic carbocycles. The number of benzene rings is 1. The SMILES string of the molecule is C=C(c1ccc(C(F)(F)F)cc1N1CCCCCN(CC(=O)O)CCC1)N1CCN(C(=O)OC(C(F)(F)F)C(F)(F)F)CC1. The molecule has 2 aliphatic heterocycles. The van der Waals surface area contributed by atoms with Gasteiger partial charge in [0.1, 0.15) is 0 Å². The molecule has 17 heteroatoms. The standard InChI is InChI=1S/C27H33F9N4O4/c1-18(38-12-14-40(15-13-38)24(43)44-23(26(31,32)33)27(34,35)36)20-7-6-19(25(28,29)30)16-21(20)39-10-4-2-3-8-37(9-5-11-39)17-22(41)42/h6-7,16,23H,1-5,8-15,17H2,(H,41,42). The lowest BCUT2D eigenvalue weighted by molar-refractivity contribution is -0.308. The highest BCUT2D eigenvalue weighted by Crippen LogP contribution is 2.38. The molecule has 0 spiro atoms. The van der Waals surface area contributed by atoms with Gasteiger partial charge in [0.25, 0.3) is 6.10 Å². The summed E-state index contributed by atoms with van der Waals surface area (Å²) in [7, 11) is 0. The van der Waals surface area contributed by atoms with E-state index in [-0.39, 0.29) is 44.1 Å². The topological polar surface area (TPSA) is 76.6 Å². The van der Waals surface area contributed by atoms with E-state index >= 15 is 0 Å². The highest BCUT2D eigenvalue weighted by Gasteiger charge is 2.60. The van der Waals surface area contributed by atoms with Crippen LogP contribution in [0, 0.1) is 0 Å². The van der Waals surface area contributed by atoms with E-state index < -0.39 is 42.3 Å². The summed E-state index contributed by atoms with van der Waals surface area (Å²) in [4.78, 5) is 29.2. The molecule has 0 bridgehead atoms. The normalized spacial score (nSPS) is 18.4. The molecule has 2 fully saturated rings. The Balaban J connectivity index is 1.78. The van der Waals surface area contributed by atoms with Gasteiger partial charge in [0, 0.05) is 62.8 Å². The van der Waals surface area contributed by atoms with Crippen LogP contribution in [-0.4, -0.2) is 109 Å². The Kier molecular flexibility index (Phi) is 11.3. The van der Waals surface area contributed by atoms with E-state index in [1.54, 1.807) is 14.7 Å². The zero-order valence-electron chi connectivity index (χ0n) is 23.6. The average Bonchev–Trinajstić information content (AvgIpc) is 2.92. The smallest absolute Gasteiger partial charge is 0.434 e. The molecule has 0 aromatic heterocycles. The minimum atomic E-state index is -5.86. The summed E-state index contributed by atoms with van der Waals surface area (Å²) in [6.45, 7) is 4.79. The molecule has 0 atom stereocenters. The monoisotopic (exact) mass is 648 g/mol. The number of carbonyl (C=O) groups is 2. The first-order valence-corrected chi connectivity index (χ1v) is 13.8. The second-order valence-corrected chi connectivity index (χ2v) is 10.6. The number of nitrogens with zero attached hydrogens (tertiary/aromatic N) is 4. The predicted octanol–water partition coefficient (Wildman–Crippen LogP) is 5.69. The number of amides is 1. The summed E-state index contributed by atoms with van der Waals surface area (Å²) in [5.41, 5.74) is -0.0715. The van der Waals surface area contributed by atoms with Crippen molar-refractivity contribution in [2.24, 2.45) is 0 Å². The van der Waals surface area contributed by atoms with Crippen LogP contribution in [0.25, 0.3) is 5.70 Å². The number of carboxylic acid groups (broad SMARTS) is 1. The third-order valence-electron chi connectivity index (χ3n) is 7.37. The van der Waals surface area contributed by atoms with Gasteiger partial charge in [-0.1, -0.05) is 19.1 Å². The number of carboxylic acids is 1. The number of piperazine rings is 1. The van der Waals surface area contributed by atoms with Crippen LogP contribution in [0.1, 0.15) is 36.8 Å². The van der Waals surface area contributed by atoms with Gasteiger partial charge in [-0.05, 0) is 37.9 Å². The first-order valence-electron chi connectivity index (χ1n) is 13.8. The molecule has 2 heterocycles. The number of ether oxygens (including phenoxy) is 1. The molecule has 1 aromatic rings. The predicted molar refractivity (Wildman–Crippen MR) is 141 cm³/mol. The Bertz CT molecular complexity index is 1150. The van der Waals surface area contributed by atoms with E-state index in [0.717, 1.165) is 12.1 Å². The van der Waals surface area contributed by atoms with Gasteiger partial charge in [0.05, 0.1) is 12.1 Å². The molecule has 0 saturated carbocycles. The van der Waals surface area contributed by atoms with E-state index in [2.05, 4.69) is 11.3 Å². The van der Waals surface area contributed by atoms with Crippen LogP contribution in [0.4, 0.5) is 50.0 Å². The molecule has 2 aliphatic rings. The van der Waals surface area contributed by atoms with Crippen molar-refractivity contribution < 1.29 is 58.9 Å². The van der Waals surface area contributed by atoms with Gasteiger partial charge in [0.2, 0.25) is 0 Å². The van der Waals surface area contributed by atoms with Crippen LogP contribution < -0.4 is 4.90 Å². The maximum absolute atomic E-state index is 13.7. The van der Waals surface area contributed by atoms with Crippen molar-refractivity contribution >= 4 is 23.4 Å². The fraction of sp³-hybridized carbons (Fsp3) is 0.630. The minimum Gasteiger partial charge on any atom is -0.480 e. The van der Waals surface area contributed by atoms with Crippen LogP contribution in [-0.2, 0) is 15.7 Å². The van der Waals surface area contributed by atoms with E-state index in [4.69, 9.17) is 5.11 Å². The van der Waals surface area contributed by atoms with E-state index in [1.807, 2.05) is 0 Å². The fourth-order valence-electron chi connectivity index (χ4n) is 5.15. The lowest BCUT2D eigenvalue weighted by atomic mass is 10.0. The third-order valence-corrected chi connectivity index (χ3v) is 7.37. The van der Waals surface area contributed by atoms with Crippen LogP contribution in [0.3, 0.4) is 0 Å². The van der Waals surface area contributed by atoms with Crippen molar-refractivity contribution in [2.75, 3.05) is 63.8 Å². The Hall–Kier alpha value is -3.37. The van der Waals surface area contributed by atoms with Gasteiger partial charge in [-0.3, -0.25) is 9.69 Å². The Morgan fingerprint density at radius 3 is 1.91 bits per heavy atom. The van der Waals surface area contributed by atoms with Gasteiger partial charge < -0.3 is 24.5 Å². The number of carbonyl (C=O) groups excluding carboxylic acids is 1. The number of anilines is 1. The molecular weight excluding hydrogens is 615 g/mol. The summed E-state index contributed by atoms with van der Waals surface area (Å²) in [6, 6.07) is 3.15. The van der Waals surface area contributed by atoms with Crippen LogP contribution in [0.5, 0.6) is 0 Å². The fourth-order valence-corrected chi connectivity index (χ4v) is 5.15. The van der Waals surface area contributed by atoms with Gasteiger partial charge in [0.15, 0.2) is 0 Å². The van der Waals surface area contributed by atoms with Crippen LogP contribution in [0.15, 0.2) is 24.8 Å². The Labute approximate surface area is 247 Å². The number of hydrogen-bond donors (Lipinski definition) is 1. The number of halogens is 9. The van der Waals surface area contributed by atoms with Crippen LogP contribution in [0.2, 0.25) is 0 Å². The molecule has 248 valence electrons. The molecule has 0 unspecified atom stereocenters. The van der Waals surface area contributed by atoms with Gasteiger partial charge in [-0.25, -0.2) is 4.79 Å². The van der Waals surface area contributed by atoms with Crippen molar-refractivity contribution in [3.8, 4) is 0 Å². The van der Waals surface area contributed by atoms with Crippen LogP contribution >= 0.6 is 0 Å². The molecule has 1 aromatic carbocycles. The zero-order valence-corrected chi connectivity index (χ0v) is 23.6. The first kappa shape index (κ1) is 35.1. The second kappa shape index (κ2) is 14.2. The quantitative estimate of drug-likeness (QED) is 0.398. The lowest BCUT2D eigenvalue weighted by Crippen LogP contribution is -2.52. The number of hydrogen-bond acceptors (Lipinski definition) is 6. The van der Waals surface area contributed by atoms with E-state index in [0.29, 0.717) is 62.3 Å². The number of rotatable bonds is 6. The summed E-state index contributed by atoms with van der Waals surface area (Å²) < 4.78 is 122. The molecule has 3 rings (SSSR count). The van der Waals surface area contributed by atoms with Crippen molar-refractivity contribution in [1.29, 1.82) is 0 Å². The average molecular weight is 649 g/mol. The van der Waals surface area contributed by atoms with Gasteiger partial charge >= 0.3 is 30.6 Å². The molecule has 8 nitrogen and oxygen atoms in total. The van der Waals surface area contributed by atoms with Crippen molar-refractivity contribution in [2.45, 2.75) is 50.3 Å². The van der Waals surface area contributed by atoms with E-state index in [9.17, 15) is 49.1 Å². The first-order chi connectivity index (χ1) is 20.4. The largest absolute Gasteiger partial charge is 0.480 e. The van der Waals surface area contributed by atoms with E-state index in [1.165, 1.54) is 6.07 Å². The molecule has 2 saturated heterocycles. The number of alkyl halides is 9. The molecule has 44 heavy (non-hydrogen) atoms. The third kappa shape index (κ3) is 9.56. The molecule has 1 N–H and O–H groups in total. The Morgan fingerprint density at radius 2 is 1.34 bits per heavy atom. The zero-order chi connectivity index (χ0) is 32.9. The lowest BCUT2D eigenvalue weighted by Gasteiger charge is -2.38. The second-order valence-electron chi connectivity index (χ2n) is 10.6. The minimum absolute atomic E-state index is 0.0821. The Morgan fingerprint density at radius 1 is 0.795 bits per heavy atom. The molecular formula is C27H33F9N4O4. The van der Waals surface area contributed by atoms with Crippen molar-refractivity contribution in [1.82, 2.24) is 14.7 Å². The van der Waals surface area contributed by atoms with Gasteiger partial charge in [-0.15, -0.1) is 0 Å². The number of aliphatic carboxylic acids is 1. The molecule has 1 amide bonds. The van der Waals surface area contributed by atoms with Gasteiger partial charge in [-0.2, -0.15) is 39.5 Å².